The maximum Gasteiger partial charge on any atom is 0.0426 e. The topological polar surface area (TPSA) is 18.5 Å². The fourth-order valence-corrected chi connectivity index (χ4v) is 3.57. The molecule has 0 radical (unpaired) electrons. The summed E-state index contributed by atoms with van der Waals surface area (Å²) in [5.74, 6) is 0. The van der Waals surface area contributed by atoms with Crippen molar-refractivity contribution in [1.29, 1.82) is 0 Å². The van der Waals surface area contributed by atoms with Crippen molar-refractivity contribution in [2.24, 2.45) is 5.41 Å². The van der Waals surface area contributed by atoms with Crippen LogP contribution in [0.25, 0.3) is 0 Å². The molecule has 3 rings (SSSR count). The summed E-state index contributed by atoms with van der Waals surface area (Å²) < 4.78 is 0. The van der Waals surface area contributed by atoms with Crippen LogP contribution in [-0.4, -0.2) is 50.7 Å². The molecule has 0 aromatic heterocycles. The second-order valence-corrected chi connectivity index (χ2v) is 6.92. The van der Waals surface area contributed by atoms with Crippen molar-refractivity contribution in [3.8, 4) is 0 Å². The lowest BCUT2D eigenvalue weighted by Gasteiger charge is -2.39. The minimum Gasteiger partial charge on any atom is -0.369 e. The maximum atomic E-state index is 6.08. The minimum absolute atomic E-state index is 0. The molecule has 1 aromatic rings. The first-order chi connectivity index (χ1) is 9.65. The average molecular weight is 330 g/mol. The zero-order valence-corrected chi connectivity index (χ0v) is 14.2. The molecule has 0 aliphatic carbocycles. The molecule has 1 atom stereocenters. The Morgan fingerprint density at radius 1 is 1.24 bits per heavy atom. The normalized spacial score (nSPS) is 26.7. The van der Waals surface area contributed by atoms with Gasteiger partial charge in [-0.15, -0.1) is 12.4 Å². The van der Waals surface area contributed by atoms with E-state index in [4.69, 9.17) is 11.6 Å². The smallest absolute Gasteiger partial charge is 0.0426 e. The number of nitrogens with zero attached hydrogens (tertiary/aromatic N) is 2. The first-order valence-corrected chi connectivity index (χ1v) is 7.96. The predicted octanol–water partition coefficient (Wildman–Crippen LogP) is 2.88. The Morgan fingerprint density at radius 3 is 2.62 bits per heavy atom. The molecule has 2 aliphatic heterocycles. The van der Waals surface area contributed by atoms with E-state index in [-0.39, 0.29) is 12.4 Å². The van der Waals surface area contributed by atoms with E-state index in [1.807, 2.05) is 12.1 Å². The third kappa shape index (κ3) is 4.26. The van der Waals surface area contributed by atoms with Crippen LogP contribution in [0.4, 0.5) is 5.69 Å². The summed E-state index contributed by atoms with van der Waals surface area (Å²) in [4.78, 5) is 5.06. The number of hydrogen-bond donors (Lipinski definition) is 1. The molecule has 0 bridgehead atoms. The number of rotatable bonds is 3. The number of halogens is 2. The van der Waals surface area contributed by atoms with Crippen LogP contribution >= 0.6 is 24.0 Å². The molecule has 5 heteroatoms. The molecule has 2 aliphatic rings. The molecule has 2 fully saturated rings. The molecule has 0 spiro atoms. The quantitative estimate of drug-likeness (QED) is 0.919. The predicted molar refractivity (Wildman–Crippen MR) is 92.9 cm³/mol. The van der Waals surface area contributed by atoms with Crippen LogP contribution in [0.3, 0.4) is 0 Å². The highest BCUT2D eigenvalue weighted by Gasteiger charge is 2.31. The summed E-state index contributed by atoms with van der Waals surface area (Å²) in [5, 5.41) is 4.32. The van der Waals surface area contributed by atoms with E-state index in [1.165, 1.54) is 31.7 Å². The summed E-state index contributed by atoms with van der Waals surface area (Å²) in [7, 11) is 0. The summed E-state index contributed by atoms with van der Waals surface area (Å²) >= 11 is 6.08. The molecule has 0 amide bonds. The molecular weight excluding hydrogens is 305 g/mol. The van der Waals surface area contributed by atoms with Gasteiger partial charge in [0, 0.05) is 50.0 Å². The highest BCUT2D eigenvalue weighted by molar-refractivity contribution is 6.30. The number of benzene rings is 1. The third-order valence-corrected chi connectivity index (χ3v) is 4.84. The van der Waals surface area contributed by atoms with Gasteiger partial charge in [-0.2, -0.15) is 0 Å². The lowest BCUT2D eigenvalue weighted by atomic mass is 9.89. The van der Waals surface area contributed by atoms with Crippen LogP contribution in [0.15, 0.2) is 24.3 Å². The Kier molecular flexibility index (Phi) is 5.78. The Bertz CT molecular complexity index is 453. The monoisotopic (exact) mass is 329 g/mol. The van der Waals surface area contributed by atoms with E-state index in [1.54, 1.807) is 0 Å². The van der Waals surface area contributed by atoms with Crippen molar-refractivity contribution in [3.63, 3.8) is 0 Å². The van der Waals surface area contributed by atoms with Gasteiger partial charge in [0.25, 0.3) is 0 Å². The zero-order valence-electron chi connectivity index (χ0n) is 12.6. The maximum absolute atomic E-state index is 6.08. The van der Waals surface area contributed by atoms with E-state index in [2.05, 4.69) is 34.2 Å². The summed E-state index contributed by atoms with van der Waals surface area (Å²) in [6.07, 6.45) is 1.31. The van der Waals surface area contributed by atoms with Crippen molar-refractivity contribution in [2.45, 2.75) is 13.3 Å². The van der Waals surface area contributed by atoms with Crippen molar-refractivity contribution in [3.05, 3.63) is 29.3 Å². The number of anilines is 1. The fraction of sp³-hybridized carbons (Fsp3) is 0.625. The second kappa shape index (κ2) is 7.19. The highest BCUT2D eigenvalue weighted by Crippen LogP contribution is 2.27. The van der Waals surface area contributed by atoms with Crippen molar-refractivity contribution < 1.29 is 0 Å². The standard InChI is InChI=1S/C16H24ClN3.ClH/c1-16(5-6-18-12-16)13-19-7-9-20(10-8-19)15-4-2-3-14(17)11-15;/h2-4,11,18H,5-10,12-13H2,1H3;1H. The molecule has 0 saturated carbocycles. The van der Waals surface area contributed by atoms with Crippen LogP contribution in [0.5, 0.6) is 0 Å². The van der Waals surface area contributed by atoms with Gasteiger partial charge in [0.05, 0.1) is 0 Å². The second-order valence-electron chi connectivity index (χ2n) is 6.48. The number of piperazine rings is 1. The number of nitrogens with one attached hydrogen (secondary N) is 1. The Balaban J connectivity index is 0.00000161. The van der Waals surface area contributed by atoms with Gasteiger partial charge >= 0.3 is 0 Å². The molecule has 1 aromatic carbocycles. The molecule has 1 N–H and O–H groups in total. The van der Waals surface area contributed by atoms with Crippen molar-refractivity contribution >= 4 is 29.7 Å². The molecule has 2 saturated heterocycles. The van der Waals surface area contributed by atoms with Crippen molar-refractivity contribution in [2.75, 3.05) is 50.7 Å². The van der Waals surface area contributed by atoms with E-state index in [0.717, 1.165) is 31.2 Å². The van der Waals surface area contributed by atoms with Crippen LogP contribution in [0.2, 0.25) is 5.02 Å². The van der Waals surface area contributed by atoms with Gasteiger partial charge in [-0.1, -0.05) is 24.6 Å². The van der Waals surface area contributed by atoms with E-state index < -0.39 is 0 Å². The van der Waals surface area contributed by atoms with Crippen molar-refractivity contribution in [1.82, 2.24) is 10.2 Å². The zero-order chi connectivity index (χ0) is 14.0. The van der Waals surface area contributed by atoms with E-state index >= 15 is 0 Å². The number of hydrogen-bond acceptors (Lipinski definition) is 3. The summed E-state index contributed by atoms with van der Waals surface area (Å²) in [5.41, 5.74) is 1.73. The van der Waals surface area contributed by atoms with E-state index in [0.29, 0.717) is 5.41 Å². The van der Waals surface area contributed by atoms with Crippen LogP contribution < -0.4 is 10.2 Å². The summed E-state index contributed by atoms with van der Waals surface area (Å²) in [6.45, 7) is 10.5. The highest BCUT2D eigenvalue weighted by atomic mass is 35.5. The first-order valence-electron chi connectivity index (χ1n) is 7.58. The van der Waals surface area contributed by atoms with Gasteiger partial charge in [-0.25, -0.2) is 0 Å². The molecule has 118 valence electrons. The fourth-order valence-electron chi connectivity index (χ4n) is 3.38. The minimum atomic E-state index is 0. The van der Waals surface area contributed by atoms with Gasteiger partial charge in [-0.3, -0.25) is 4.90 Å². The van der Waals surface area contributed by atoms with Gasteiger partial charge in [0.1, 0.15) is 0 Å². The molecule has 3 nitrogen and oxygen atoms in total. The Hall–Kier alpha value is -0.480. The van der Waals surface area contributed by atoms with E-state index in [9.17, 15) is 0 Å². The van der Waals surface area contributed by atoms with Gasteiger partial charge in [0.2, 0.25) is 0 Å². The first kappa shape index (κ1) is 16.9. The summed E-state index contributed by atoms with van der Waals surface area (Å²) in [6, 6.07) is 8.20. The molecule has 1 unspecified atom stereocenters. The largest absolute Gasteiger partial charge is 0.369 e. The third-order valence-electron chi connectivity index (χ3n) is 4.61. The molecular formula is C16H25Cl2N3. The average Bonchev–Trinajstić information content (AvgIpc) is 2.86. The Labute approximate surface area is 139 Å². The van der Waals surface area contributed by atoms with Crippen LogP contribution in [0, 0.1) is 5.41 Å². The lowest BCUT2D eigenvalue weighted by Crippen LogP contribution is -2.49. The Morgan fingerprint density at radius 2 is 2.00 bits per heavy atom. The molecule has 21 heavy (non-hydrogen) atoms. The molecule has 2 heterocycles. The lowest BCUT2D eigenvalue weighted by molar-refractivity contribution is 0.169. The van der Waals surface area contributed by atoms with Gasteiger partial charge < -0.3 is 10.2 Å². The SMILES string of the molecule is CC1(CN2CCN(c3cccc(Cl)c3)CC2)CCNC1.Cl. The van der Waals surface area contributed by atoms with Crippen LogP contribution in [0.1, 0.15) is 13.3 Å². The van der Waals surface area contributed by atoms with Gasteiger partial charge in [0.15, 0.2) is 0 Å². The van der Waals surface area contributed by atoms with Crippen LogP contribution in [-0.2, 0) is 0 Å². The van der Waals surface area contributed by atoms with Gasteiger partial charge in [-0.05, 0) is 36.6 Å².